The molecule has 20 heavy (non-hydrogen) atoms. The molecule has 0 bridgehead atoms. The molecule has 4 nitrogen and oxygen atoms in total. The van der Waals surface area contributed by atoms with E-state index in [1.807, 2.05) is 54.6 Å². The quantitative estimate of drug-likeness (QED) is 0.436. The van der Waals surface area contributed by atoms with Crippen molar-refractivity contribution < 1.29 is 14.3 Å². The zero-order valence-electron chi connectivity index (χ0n) is 11.4. The first-order valence-electron chi connectivity index (χ1n) is 6.44. The summed E-state index contributed by atoms with van der Waals surface area (Å²) in [7, 11) is 0. The molecule has 0 aliphatic carbocycles. The maximum absolute atomic E-state index is 5.69. The number of benzene rings is 2. The molecule has 0 unspecified atom stereocenters. The van der Waals surface area contributed by atoms with Crippen LogP contribution < -0.4 is 9.47 Å². The van der Waals surface area contributed by atoms with E-state index in [0.717, 1.165) is 17.2 Å². The first-order chi connectivity index (χ1) is 9.88. The Labute approximate surface area is 118 Å². The molecule has 2 aromatic carbocycles. The van der Waals surface area contributed by atoms with Crippen molar-refractivity contribution in [3.8, 4) is 17.2 Å². The summed E-state index contributed by atoms with van der Waals surface area (Å²) >= 11 is 0. The number of hydrogen-bond acceptors (Lipinski definition) is 4. The maximum Gasteiger partial charge on any atom is 0.151 e. The highest BCUT2D eigenvalue weighted by molar-refractivity contribution is 5.52. The van der Waals surface area contributed by atoms with Gasteiger partial charge in [0.1, 0.15) is 23.9 Å². The summed E-state index contributed by atoms with van der Waals surface area (Å²) < 4.78 is 11.2. The van der Waals surface area contributed by atoms with Crippen molar-refractivity contribution in [2.24, 2.45) is 5.16 Å². The van der Waals surface area contributed by atoms with E-state index in [1.54, 1.807) is 13.1 Å². The molecular weight excluding hydrogens is 254 g/mol. The van der Waals surface area contributed by atoms with Gasteiger partial charge in [-0.1, -0.05) is 23.4 Å². The van der Waals surface area contributed by atoms with Gasteiger partial charge in [0.2, 0.25) is 0 Å². The molecule has 2 rings (SSSR count). The average molecular weight is 271 g/mol. The molecule has 0 heterocycles. The smallest absolute Gasteiger partial charge is 0.151 e. The van der Waals surface area contributed by atoms with Crippen LogP contribution in [-0.4, -0.2) is 19.4 Å². The van der Waals surface area contributed by atoms with Crippen molar-refractivity contribution in [3.63, 3.8) is 0 Å². The molecule has 0 radical (unpaired) electrons. The zero-order valence-corrected chi connectivity index (χ0v) is 11.4. The van der Waals surface area contributed by atoms with Gasteiger partial charge in [-0.15, -0.1) is 0 Å². The van der Waals surface area contributed by atoms with E-state index in [1.165, 1.54) is 0 Å². The number of para-hydroxylation sites is 1. The highest BCUT2D eigenvalue weighted by Gasteiger charge is 1.98. The molecule has 0 aliphatic heterocycles. The van der Waals surface area contributed by atoms with Crippen LogP contribution in [0, 0.1) is 0 Å². The Balaban J connectivity index is 1.81. The minimum absolute atomic E-state index is 0.423. The van der Waals surface area contributed by atoms with Gasteiger partial charge < -0.3 is 14.3 Å². The van der Waals surface area contributed by atoms with Crippen molar-refractivity contribution in [1.82, 2.24) is 0 Å². The standard InChI is InChI=1S/C16H17NO3/c1-2-17-19-13-12-18-14-8-10-16(11-9-14)20-15-6-4-3-5-7-15/h2-11H,12-13H2,1H3/b17-2+. The highest BCUT2D eigenvalue weighted by atomic mass is 16.6. The van der Waals surface area contributed by atoms with E-state index < -0.39 is 0 Å². The summed E-state index contributed by atoms with van der Waals surface area (Å²) in [5.41, 5.74) is 0. The lowest BCUT2D eigenvalue weighted by atomic mass is 10.3. The van der Waals surface area contributed by atoms with E-state index >= 15 is 0 Å². The summed E-state index contributed by atoms with van der Waals surface area (Å²) in [6, 6.07) is 17.1. The molecule has 0 N–H and O–H groups in total. The van der Waals surface area contributed by atoms with E-state index in [2.05, 4.69) is 5.16 Å². The summed E-state index contributed by atoms with van der Waals surface area (Å²) in [5.74, 6) is 2.36. The molecule has 0 aromatic heterocycles. The molecule has 0 aliphatic rings. The largest absolute Gasteiger partial charge is 0.490 e. The number of hydrogen-bond donors (Lipinski definition) is 0. The van der Waals surface area contributed by atoms with Crippen LogP contribution in [0.25, 0.3) is 0 Å². The minimum atomic E-state index is 0.423. The molecular formula is C16H17NO3. The number of ether oxygens (including phenoxy) is 2. The van der Waals surface area contributed by atoms with Gasteiger partial charge in [0, 0.05) is 6.21 Å². The van der Waals surface area contributed by atoms with Crippen LogP contribution in [0.3, 0.4) is 0 Å². The summed E-state index contributed by atoms with van der Waals surface area (Å²) in [4.78, 5) is 4.93. The van der Waals surface area contributed by atoms with Gasteiger partial charge in [-0.05, 0) is 43.3 Å². The Hall–Kier alpha value is -2.49. The molecule has 0 atom stereocenters. The SMILES string of the molecule is C/C=N/OCCOc1ccc(Oc2ccccc2)cc1. The average Bonchev–Trinajstić information content (AvgIpc) is 2.50. The molecule has 104 valence electrons. The van der Waals surface area contributed by atoms with Gasteiger partial charge in [0.25, 0.3) is 0 Å². The number of rotatable bonds is 7. The van der Waals surface area contributed by atoms with Crippen molar-refractivity contribution >= 4 is 6.21 Å². The van der Waals surface area contributed by atoms with Crippen LogP contribution in [0.2, 0.25) is 0 Å². The van der Waals surface area contributed by atoms with Gasteiger partial charge in [-0.3, -0.25) is 0 Å². The second kappa shape index (κ2) is 7.84. The van der Waals surface area contributed by atoms with Crippen LogP contribution in [-0.2, 0) is 4.84 Å². The van der Waals surface area contributed by atoms with Gasteiger partial charge >= 0.3 is 0 Å². The van der Waals surface area contributed by atoms with Crippen LogP contribution in [0.15, 0.2) is 59.8 Å². The third-order valence-electron chi connectivity index (χ3n) is 2.43. The minimum Gasteiger partial charge on any atom is -0.490 e. The normalized spacial score (nSPS) is 10.4. The molecule has 0 fully saturated rings. The fraction of sp³-hybridized carbons (Fsp3) is 0.188. The predicted molar refractivity (Wildman–Crippen MR) is 78.6 cm³/mol. The summed E-state index contributed by atoms with van der Waals surface area (Å²) in [5, 5.41) is 3.64. The van der Waals surface area contributed by atoms with E-state index in [4.69, 9.17) is 14.3 Å². The molecule has 0 saturated carbocycles. The zero-order chi connectivity index (χ0) is 14.0. The molecule has 0 amide bonds. The Bertz CT molecular complexity index is 523. The first-order valence-corrected chi connectivity index (χ1v) is 6.44. The topological polar surface area (TPSA) is 40.0 Å². The van der Waals surface area contributed by atoms with Gasteiger partial charge in [0.15, 0.2) is 6.61 Å². The number of nitrogens with zero attached hydrogens (tertiary/aromatic N) is 1. The maximum atomic E-state index is 5.69. The fourth-order valence-electron chi connectivity index (χ4n) is 1.55. The fourth-order valence-corrected chi connectivity index (χ4v) is 1.55. The molecule has 0 spiro atoms. The van der Waals surface area contributed by atoms with Crippen molar-refractivity contribution in [2.75, 3.05) is 13.2 Å². The summed E-state index contributed by atoms with van der Waals surface area (Å²) in [6.45, 7) is 2.68. The first kappa shape index (κ1) is 13.9. The Morgan fingerprint density at radius 3 is 2.20 bits per heavy atom. The van der Waals surface area contributed by atoms with E-state index in [-0.39, 0.29) is 0 Å². The van der Waals surface area contributed by atoms with Crippen molar-refractivity contribution in [3.05, 3.63) is 54.6 Å². The highest BCUT2D eigenvalue weighted by Crippen LogP contribution is 2.23. The van der Waals surface area contributed by atoms with Crippen molar-refractivity contribution in [1.29, 1.82) is 0 Å². The van der Waals surface area contributed by atoms with Gasteiger partial charge in [-0.25, -0.2) is 0 Å². The lowest BCUT2D eigenvalue weighted by Gasteiger charge is -2.08. The number of oxime groups is 1. The van der Waals surface area contributed by atoms with Crippen LogP contribution >= 0.6 is 0 Å². The Kier molecular flexibility index (Phi) is 5.46. The van der Waals surface area contributed by atoms with E-state index in [0.29, 0.717) is 13.2 Å². The lowest BCUT2D eigenvalue weighted by Crippen LogP contribution is -2.03. The predicted octanol–water partition coefficient (Wildman–Crippen LogP) is 3.88. The van der Waals surface area contributed by atoms with Crippen LogP contribution in [0.5, 0.6) is 17.2 Å². The third-order valence-corrected chi connectivity index (χ3v) is 2.43. The Morgan fingerprint density at radius 2 is 1.50 bits per heavy atom. The molecule has 4 heteroatoms. The van der Waals surface area contributed by atoms with E-state index in [9.17, 15) is 0 Å². The second-order valence-electron chi connectivity index (χ2n) is 3.93. The molecule has 0 saturated heterocycles. The van der Waals surface area contributed by atoms with Crippen LogP contribution in [0.4, 0.5) is 0 Å². The monoisotopic (exact) mass is 271 g/mol. The Morgan fingerprint density at radius 1 is 0.850 bits per heavy atom. The van der Waals surface area contributed by atoms with Crippen molar-refractivity contribution in [2.45, 2.75) is 6.92 Å². The van der Waals surface area contributed by atoms with Crippen LogP contribution in [0.1, 0.15) is 6.92 Å². The lowest BCUT2D eigenvalue weighted by molar-refractivity contribution is 0.108. The third kappa shape index (κ3) is 4.65. The second-order valence-corrected chi connectivity index (χ2v) is 3.93. The molecule has 2 aromatic rings. The van der Waals surface area contributed by atoms with Gasteiger partial charge in [-0.2, -0.15) is 0 Å². The van der Waals surface area contributed by atoms with Gasteiger partial charge in [0.05, 0.1) is 0 Å². The summed E-state index contributed by atoms with van der Waals surface area (Å²) in [6.07, 6.45) is 1.59.